The number of guanidine groups is 1. The van der Waals surface area contributed by atoms with Crippen LogP contribution in [0.15, 0.2) is 58.0 Å². The third kappa shape index (κ3) is 5.88. The Labute approximate surface area is 163 Å². The van der Waals surface area contributed by atoms with E-state index in [-0.39, 0.29) is 5.91 Å². The molecule has 0 saturated heterocycles. The zero-order chi connectivity index (χ0) is 18.9. The highest BCUT2D eigenvalue weighted by molar-refractivity contribution is 9.10. The van der Waals surface area contributed by atoms with Crippen molar-refractivity contribution in [1.29, 1.82) is 0 Å². The first kappa shape index (κ1) is 20.0. The molecule has 0 radical (unpaired) electrons. The van der Waals surface area contributed by atoms with Gasteiger partial charge in [-0.2, -0.15) is 0 Å². The maximum Gasteiger partial charge on any atom is 0.251 e. The Morgan fingerprint density at radius 3 is 2.54 bits per heavy atom. The van der Waals surface area contributed by atoms with E-state index in [9.17, 15) is 4.79 Å². The summed E-state index contributed by atoms with van der Waals surface area (Å²) in [7, 11) is 3.65. The zero-order valence-electron chi connectivity index (χ0n) is 15.4. The van der Waals surface area contributed by atoms with Crippen LogP contribution in [-0.4, -0.2) is 37.4 Å². The minimum absolute atomic E-state index is 0.0879. The largest absolute Gasteiger partial charge is 0.357 e. The van der Waals surface area contributed by atoms with Crippen LogP contribution in [0.25, 0.3) is 0 Å². The lowest BCUT2D eigenvalue weighted by atomic mass is 10.1. The van der Waals surface area contributed by atoms with Crippen LogP contribution in [0.5, 0.6) is 0 Å². The zero-order valence-corrected chi connectivity index (χ0v) is 17.0. The molecule has 0 saturated carbocycles. The maximum atomic E-state index is 11.8. The molecule has 1 amide bonds. The molecule has 0 aliphatic carbocycles. The van der Waals surface area contributed by atoms with Crippen molar-refractivity contribution in [3.05, 3.63) is 69.7 Å². The SMILES string of the molecule is CCNC(=NCc1cccc(C(=O)NC)c1)N(C)Cc1ccc(Br)cc1. The van der Waals surface area contributed by atoms with Gasteiger partial charge in [-0.1, -0.05) is 40.2 Å². The van der Waals surface area contributed by atoms with Crippen molar-refractivity contribution < 1.29 is 4.79 Å². The molecular formula is C20H25BrN4O. The van der Waals surface area contributed by atoms with Crippen LogP contribution in [0.1, 0.15) is 28.4 Å². The molecule has 2 rings (SSSR count). The summed E-state index contributed by atoms with van der Waals surface area (Å²) >= 11 is 3.46. The van der Waals surface area contributed by atoms with Gasteiger partial charge >= 0.3 is 0 Å². The Balaban J connectivity index is 2.10. The van der Waals surface area contributed by atoms with Crippen LogP contribution in [0.4, 0.5) is 0 Å². The lowest BCUT2D eigenvalue weighted by Gasteiger charge is -2.22. The molecule has 0 aliphatic rings. The van der Waals surface area contributed by atoms with E-state index in [1.165, 1.54) is 5.56 Å². The van der Waals surface area contributed by atoms with Gasteiger partial charge in [0.1, 0.15) is 0 Å². The summed E-state index contributed by atoms with van der Waals surface area (Å²) in [6.45, 7) is 4.12. The first-order valence-corrected chi connectivity index (χ1v) is 9.37. The summed E-state index contributed by atoms with van der Waals surface area (Å²) < 4.78 is 1.07. The highest BCUT2D eigenvalue weighted by atomic mass is 79.9. The third-order valence-corrected chi connectivity index (χ3v) is 4.39. The van der Waals surface area contributed by atoms with Gasteiger partial charge in [0.25, 0.3) is 5.91 Å². The van der Waals surface area contributed by atoms with Crippen molar-refractivity contribution >= 4 is 27.8 Å². The van der Waals surface area contributed by atoms with Crippen molar-refractivity contribution in [2.45, 2.75) is 20.0 Å². The van der Waals surface area contributed by atoms with Crippen molar-refractivity contribution in [1.82, 2.24) is 15.5 Å². The summed E-state index contributed by atoms with van der Waals surface area (Å²) in [6.07, 6.45) is 0. The molecule has 0 bridgehead atoms. The van der Waals surface area contributed by atoms with Crippen molar-refractivity contribution in [2.24, 2.45) is 4.99 Å². The molecule has 5 nitrogen and oxygen atoms in total. The molecule has 0 atom stereocenters. The summed E-state index contributed by atoms with van der Waals surface area (Å²) in [5.74, 6) is 0.746. The fraction of sp³-hybridized carbons (Fsp3) is 0.300. The molecule has 138 valence electrons. The van der Waals surface area contributed by atoms with Gasteiger partial charge in [-0.05, 0) is 42.3 Å². The van der Waals surface area contributed by atoms with Crippen LogP contribution in [0, 0.1) is 0 Å². The Bertz CT molecular complexity index is 759. The van der Waals surface area contributed by atoms with E-state index < -0.39 is 0 Å². The molecule has 6 heteroatoms. The summed E-state index contributed by atoms with van der Waals surface area (Å²) in [6, 6.07) is 15.8. The van der Waals surface area contributed by atoms with Crippen LogP contribution >= 0.6 is 15.9 Å². The topological polar surface area (TPSA) is 56.7 Å². The molecule has 0 heterocycles. The molecule has 0 spiro atoms. The highest BCUT2D eigenvalue weighted by Gasteiger charge is 2.08. The van der Waals surface area contributed by atoms with Crippen LogP contribution in [0.2, 0.25) is 0 Å². The minimum Gasteiger partial charge on any atom is -0.357 e. The summed E-state index contributed by atoms with van der Waals surface area (Å²) in [5, 5.41) is 5.96. The smallest absolute Gasteiger partial charge is 0.251 e. The number of aliphatic imine (C=N–C) groups is 1. The number of carbonyl (C=O) groups excluding carboxylic acids is 1. The third-order valence-electron chi connectivity index (χ3n) is 3.86. The van der Waals surface area contributed by atoms with Crippen molar-refractivity contribution in [3.63, 3.8) is 0 Å². The van der Waals surface area contributed by atoms with E-state index in [4.69, 9.17) is 4.99 Å². The van der Waals surface area contributed by atoms with Crippen LogP contribution in [0.3, 0.4) is 0 Å². The second kappa shape index (κ2) is 9.97. The first-order chi connectivity index (χ1) is 12.5. The van der Waals surface area contributed by atoms with Gasteiger partial charge in [0, 0.05) is 37.2 Å². The number of hydrogen-bond acceptors (Lipinski definition) is 2. The Hall–Kier alpha value is -2.34. The van der Waals surface area contributed by atoms with Crippen LogP contribution < -0.4 is 10.6 Å². The summed E-state index contributed by atoms with van der Waals surface area (Å²) in [4.78, 5) is 18.6. The van der Waals surface area contributed by atoms with Gasteiger partial charge in [-0.3, -0.25) is 4.79 Å². The van der Waals surface area contributed by atoms with E-state index in [0.29, 0.717) is 12.1 Å². The van der Waals surface area contributed by atoms with Crippen molar-refractivity contribution in [2.75, 3.05) is 20.6 Å². The minimum atomic E-state index is -0.0879. The molecule has 2 aromatic carbocycles. The predicted octanol–water partition coefficient (Wildman–Crippen LogP) is 3.41. The number of rotatable bonds is 6. The Morgan fingerprint density at radius 2 is 1.88 bits per heavy atom. The molecule has 2 N–H and O–H groups in total. The standard InChI is InChI=1S/C20H25BrN4O/c1-4-23-20(25(3)14-15-8-10-18(21)11-9-15)24-13-16-6-5-7-17(12-16)19(26)22-2/h5-12H,4,13-14H2,1-3H3,(H,22,26)(H,23,24). The van der Waals surface area contributed by atoms with Gasteiger partial charge in [0.2, 0.25) is 0 Å². The number of benzene rings is 2. The number of nitrogens with zero attached hydrogens (tertiary/aromatic N) is 2. The number of hydrogen-bond donors (Lipinski definition) is 2. The number of nitrogens with one attached hydrogen (secondary N) is 2. The molecule has 2 aromatic rings. The second-order valence-corrected chi connectivity index (χ2v) is 6.85. The van der Waals surface area contributed by atoms with Gasteiger partial charge in [0.15, 0.2) is 5.96 Å². The number of carbonyl (C=O) groups is 1. The first-order valence-electron chi connectivity index (χ1n) is 8.58. The molecule has 0 fully saturated rings. The molecular weight excluding hydrogens is 392 g/mol. The Morgan fingerprint density at radius 1 is 1.15 bits per heavy atom. The lowest BCUT2D eigenvalue weighted by molar-refractivity contribution is 0.0963. The fourth-order valence-electron chi connectivity index (χ4n) is 2.53. The van der Waals surface area contributed by atoms with Gasteiger partial charge < -0.3 is 15.5 Å². The molecule has 0 aromatic heterocycles. The van der Waals surface area contributed by atoms with Crippen LogP contribution in [-0.2, 0) is 13.1 Å². The second-order valence-electron chi connectivity index (χ2n) is 5.93. The molecule has 0 unspecified atom stereocenters. The quantitative estimate of drug-likeness (QED) is 0.560. The highest BCUT2D eigenvalue weighted by Crippen LogP contribution is 2.12. The predicted molar refractivity (Wildman–Crippen MR) is 110 cm³/mol. The fourth-order valence-corrected chi connectivity index (χ4v) is 2.79. The van der Waals surface area contributed by atoms with Gasteiger partial charge in [0.05, 0.1) is 6.54 Å². The van der Waals surface area contributed by atoms with Crippen molar-refractivity contribution in [3.8, 4) is 0 Å². The number of amides is 1. The van der Waals surface area contributed by atoms with Gasteiger partial charge in [-0.15, -0.1) is 0 Å². The van der Waals surface area contributed by atoms with Gasteiger partial charge in [-0.25, -0.2) is 4.99 Å². The van der Waals surface area contributed by atoms with E-state index in [1.54, 1.807) is 13.1 Å². The molecule has 26 heavy (non-hydrogen) atoms. The normalized spacial score (nSPS) is 11.2. The van der Waals surface area contributed by atoms with E-state index in [0.717, 1.165) is 29.1 Å². The Kier molecular flexibility index (Phi) is 7.66. The number of halogens is 1. The van der Waals surface area contributed by atoms with E-state index >= 15 is 0 Å². The lowest BCUT2D eigenvalue weighted by Crippen LogP contribution is -2.38. The average Bonchev–Trinajstić information content (AvgIpc) is 2.66. The van der Waals surface area contributed by atoms with E-state index in [2.05, 4.69) is 50.5 Å². The maximum absolute atomic E-state index is 11.8. The monoisotopic (exact) mass is 416 g/mol. The van der Waals surface area contributed by atoms with E-state index in [1.807, 2.05) is 37.4 Å². The average molecular weight is 417 g/mol. The molecule has 0 aliphatic heterocycles. The summed E-state index contributed by atoms with van der Waals surface area (Å²) in [5.41, 5.74) is 2.86.